The quantitative estimate of drug-likeness (QED) is 0.525. The first kappa shape index (κ1) is 26.1. The van der Waals surface area contributed by atoms with Crippen molar-refractivity contribution in [3.63, 3.8) is 0 Å². The van der Waals surface area contributed by atoms with E-state index in [0.717, 1.165) is 51.2 Å². The van der Waals surface area contributed by atoms with Gasteiger partial charge in [0.1, 0.15) is 5.75 Å². The molecule has 1 saturated carbocycles. The Hall–Kier alpha value is -2.57. The molecule has 3 aliphatic rings. The van der Waals surface area contributed by atoms with E-state index in [1.807, 2.05) is 0 Å². The Kier molecular flexibility index (Phi) is 7.77. The SMILES string of the molecule is COc1ccc(CN2CCN(C3CC4(CCN(C(=O)O)CC4)C3)C(c3ccccc3CC(C)C)C2)cc1. The van der Waals surface area contributed by atoms with Gasteiger partial charge in [0.2, 0.25) is 0 Å². The van der Waals surface area contributed by atoms with Crippen LogP contribution in [0.4, 0.5) is 4.79 Å². The molecule has 3 fully saturated rings. The fourth-order valence-corrected chi connectivity index (χ4v) is 6.94. The number of piperazine rings is 1. The second-order valence-corrected chi connectivity index (χ2v) is 12.0. The molecular formula is C31H43N3O3. The van der Waals surface area contributed by atoms with Gasteiger partial charge in [-0.15, -0.1) is 0 Å². The summed E-state index contributed by atoms with van der Waals surface area (Å²) in [5, 5.41) is 9.37. The molecule has 0 bridgehead atoms. The van der Waals surface area contributed by atoms with Crippen LogP contribution in [-0.2, 0) is 13.0 Å². The highest BCUT2D eigenvalue weighted by atomic mass is 16.5. The maximum Gasteiger partial charge on any atom is 0.407 e. The predicted molar refractivity (Wildman–Crippen MR) is 147 cm³/mol. The molecule has 6 nitrogen and oxygen atoms in total. The number of methoxy groups -OCH3 is 1. The highest BCUT2D eigenvalue weighted by Gasteiger charge is 2.50. The molecule has 1 aliphatic carbocycles. The van der Waals surface area contributed by atoms with E-state index in [-0.39, 0.29) is 0 Å². The monoisotopic (exact) mass is 505 g/mol. The third-order valence-corrected chi connectivity index (χ3v) is 9.01. The summed E-state index contributed by atoms with van der Waals surface area (Å²) in [5.74, 6) is 1.53. The molecule has 6 heteroatoms. The summed E-state index contributed by atoms with van der Waals surface area (Å²) in [6.07, 6.45) is 4.80. The Morgan fingerprint density at radius 1 is 1.03 bits per heavy atom. The molecule has 1 amide bonds. The van der Waals surface area contributed by atoms with Crippen molar-refractivity contribution in [3.8, 4) is 5.75 Å². The topological polar surface area (TPSA) is 56.2 Å². The largest absolute Gasteiger partial charge is 0.497 e. The summed E-state index contributed by atoms with van der Waals surface area (Å²) >= 11 is 0. The molecule has 200 valence electrons. The van der Waals surface area contributed by atoms with Crippen LogP contribution < -0.4 is 4.74 Å². The lowest BCUT2D eigenvalue weighted by Crippen LogP contribution is -2.60. The first-order valence-electron chi connectivity index (χ1n) is 14.0. The summed E-state index contributed by atoms with van der Waals surface area (Å²) in [4.78, 5) is 18.4. The molecule has 1 atom stereocenters. The van der Waals surface area contributed by atoms with E-state index in [9.17, 15) is 9.90 Å². The minimum atomic E-state index is -0.763. The van der Waals surface area contributed by atoms with Crippen LogP contribution in [0.2, 0.25) is 0 Å². The van der Waals surface area contributed by atoms with Gasteiger partial charge in [0.25, 0.3) is 0 Å². The molecule has 2 aromatic carbocycles. The van der Waals surface area contributed by atoms with E-state index in [1.54, 1.807) is 12.0 Å². The zero-order chi connectivity index (χ0) is 26.0. The minimum absolute atomic E-state index is 0.346. The van der Waals surface area contributed by atoms with Crippen molar-refractivity contribution < 1.29 is 14.6 Å². The van der Waals surface area contributed by atoms with Crippen LogP contribution in [-0.4, -0.2) is 71.8 Å². The van der Waals surface area contributed by atoms with E-state index in [2.05, 4.69) is 72.2 Å². The maximum absolute atomic E-state index is 11.4. The fourth-order valence-electron chi connectivity index (χ4n) is 6.94. The van der Waals surface area contributed by atoms with Gasteiger partial charge in [0, 0.05) is 51.4 Å². The number of carbonyl (C=O) groups is 1. The predicted octanol–water partition coefficient (Wildman–Crippen LogP) is 5.68. The lowest BCUT2D eigenvalue weighted by atomic mass is 9.59. The van der Waals surface area contributed by atoms with Gasteiger partial charge in [0.15, 0.2) is 0 Å². The van der Waals surface area contributed by atoms with E-state index in [0.29, 0.717) is 36.5 Å². The van der Waals surface area contributed by atoms with Crippen molar-refractivity contribution >= 4 is 6.09 Å². The molecule has 2 aromatic rings. The average Bonchev–Trinajstić information content (AvgIpc) is 2.88. The van der Waals surface area contributed by atoms with Gasteiger partial charge >= 0.3 is 6.09 Å². The molecule has 0 aromatic heterocycles. The molecule has 1 unspecified atom stereocenters. The summed E-state index contributed by atoms with van der Waals surface area (Å²) in [6, 6.07) is 18.6. The third-order valence-electron chi connectivity index (χ3n) is 9.01. The number of amides is 1. The second-order valence-electron chi connectivity index (χ2n) is 12.0. The smallest absolute Gasteiger partial charge is 0.407 e. The first-order valence-corrected chi connectivity index (χ1v) is 14.0. The standard InChI is InChI=1S/C31H43N3O3/c1-23(2)18-25-6-4-5-7-28(25)29-22-32(21-24-8-10-27(37-3)11-9-24)16-17-34(29)26-19-31(20-26)12-14-33(15-13-31)30(35)36/h4-11,23,26,29H,12-22H2,1-3H3,(H,35,36). The number of likely N-dealkylation sites (tertiary alicyclic amines) is 1. The lowest BCUT2D eigenvalue weighted by Gasteiger charge is -2.58. The first-order chi connectivity index (χ1) is 17.9. The zero-order valence-electron chi connectivity index (χ0n) is 22.7. The van der Waals surface area contributed by atoms with Crippen molar-refractivity contribution in [2.24, 2.45) is 11.3 Å². The molecule has 2 heterocycles. The molecular weight excluding hydrogens is 462 g/mol. The number of hydrogen-bond acceptors (Lipinski definition) is 4. The molecule has 37 heavy (non-hydrogen) atoms. The van der Waals surface area contributed by atoms with Crippen molar-refractivity contribution in [2.45, 2.75) is 64.6 Å². The van der Waals surface area contributed by atoms with Gasteiger partial charge in [0.05, 0.1) is 7.11 Å². The van der Waals surface area contributed by atoms with E-state index < -0.39 is 6.09 Å². The number of benzene rings is 2. The number of carboxylic acid groups (broad SMARTS) is 1. The van der Waals surface area contributed by atoms with Crippen molar-refractivity contribution in [2.75, 3.05) is 39.8 Å². The van der Waals surface area contributed by atoms with Crippen LogP contribution in [0.1, 0.15) is 62.3 Å². The lowest BCUT2D eigenvalue weighted by molar-refractivity contribution is -0.0749. The van der Waals surface area contributed by atoms with Crippen LogP contribution in [0, 0.1) is 11.3 Å². The summed E-state index contributed by atoms with van der Waals surface area (Å²) < 4.78 is 5.35. The van der Waals surface area contributed by atoms with E-state index >= 15 is 0 Å². The van der Waals surface area contributed by atoms with Crippen LogP contribution >= 0.6 is 0 Å². The molecule has 2 saturated heterocycles. The Morgan fingerprint density at radius 3 is 2.38 bits per heavy atom. The second kappa shape index (κ2) is 11.0. The Labute approximate surface area is 222 Å². The molecule has 1 spiro atoms. The number of nitrogens with zero attached hydrogens (tertiary/aromatic N) is 3. The highest BCUT2D eigenvalue weighted by molar-refractivity contribution is 5.65. The van der Waals surface area contributed by atoms with Crippen molar-refractivity contribution in [1.82, 2.24) is 14.7 Å². The minimum Gasteiger partial charge on any atom is -0.497 e. The highest BCUT2D eigenvalue weighted by Crippen LogP contribution is 2.52. The van der Waals surface area contributed by atoms with Gasteiger partial charge in [-0.2, -0.15) is 0 Å². The van der Waals surface area contributed by atoms with Gasteiger partial charge in [-0.1, -0.05) is 50.2 Å². The zero-order valence-corrected chi connectivity index (χ0v) is 22.7. The fraction of sp³-hybridized carbons (Fsp3) is 0.581. The van der Waals surface area contributed by atoms with Crippen LogP contribution in [0.5, 0.6) is 5.75 Å². The summed E-state index contributed by atoms with van der Waals surface area (Å²) in [6.45, 7) is 10.2. The number of piperidine rings is 1. The number of rotatable bonds is 7. The van der Waals surface area contributed by atoms with Gasteiger partial charge < -0.3 is 14.7 Å². The summed E-state index contributed by atoms with van der Waals surface area (Å²) in [7, 11) is 1.72. The normalized spacial score (nSPS) is 22.8. The number of ether oxygens (including phenoxy) is 1. The molecule has 1 N–H and O–H groups in total. The van der Waals surface area contributed by atoms with Crippen LogP contribution in [0.15, 0.2) is 48.5 Å². The van der Waals surface area contributed by atoms with Crippen molar-refractivity contribution in [3.05, 3.63) is 65.2 Å². The van der Waals surface area contributed by atoms with Gasteiger partial charge in [-0.05, 0) is 72.3 Å². The average molecular weight is 506 g/mol. The molecule has 0 radical (unpaired) electrons. The van der Waals surface area contributed by atoms with E-state index in [1.165, 1.54) is 29.5 Å². The van der Waals surface area contributed by atoms with Gasteiger partial charge in [-0.25, -0.2) is 4.79 Å². The Morgan fingerprint density at radius 2 is 1.73 bits per heavy atom. The molecule has 5 rings (SSSR count). The molecule has 2 aliphatic heterocycles. The van der Waals surface area contributed by atoms with Gasteiger partial charge in [-0.3, -0.25) is 9.80 Å². The Bertz CT molecular complexity index is 1050. The summed E-state index contributed by atoms with van der Waals surface area (Å²) in [5.41, 5.74) is 4.66. The third kappa shape index (κ3) is 5.80. The van der Waals surface area contributed by atoms with E-state index in [4.69, 9.17) is 4.74 Å². The number of hydrogen-bond donors (Lipinski definition) is 1. The van der Waals surface area contributed by atoms with Crippen LogP contribution in [0.3, 0.4) is 0 Å². The maximum atomic E-state index is 11.4. The Balaban J connectivity index is 1.32. The van der Waals surface area contributed by atoms with Crippen LogP contribution in [0.25, 0.3) is 0 Å². The van der Waals surface area contributed by atoms with Crippen molar-refractivity contribution in [1.29, 1.82) is 0 Å².